The van der Waals surface area contributed by atoms with Gasteiger partial charge in [0.25, 0.3) is 0 Å². The average Bonchev–Trinajstić information content (AvgIpc) is 2.59. The van der Waals surface area contributed by atoms with Crippen molar-refractivity contribution in [2.75, 3.05) is 0 Å². The summed E-state index contributed by atoms with van der Waals surface area (Å²) in [5.41, 5.74) is 7.64. The third kappa shape index (κ3) is 2.05. The third-order valence-corrected chi connectivity index (χ3v) is 2.68. The van der Waals surface area contributed by atoms with E-state index in [2.05, 4.69) is 10.1 Å². The van der Waals surface area contributed by atoms with E-state index in [1.165, 1.54) is 0 Å². The second-order valence-corrected chi connectivity index (χ2v) is 4.12. The minimum Gasteiger partial charge on any atom is -0.388 e. The smallest absolute Gasteiger partial charge is 0.122 e. The zero-order valence-corrected chi connectivity index (χ0v) is 10.1. The van der Waals surface area contributed by atoms with E-state index in [9.17, 15) is 0 Å². The monoisotopic (exact) mass is 252 g/mol. The highest BCUT2D eigenvalue weighted by molar-refractivity contribution is 7.80. The highest BCUT2D eigenvalue weighted by Gasteiger charge is 2.04. The lowest BCUT2D eigenvalue weighted by atomic mass is 10.3. The predicted octanol–water partition coefficient (Wildman–Crippen LogP) is 1.86. The number of hydrogen-bond acceptors (Lipinski definition) is 3. The minimum absolute atomic E-state index is 0.279. The Labute approximate surface area is 103 Å². The molecule has 82 valence electrons. The minimum atomic E-state index is 0.279. The molecule has 2 aromatic heterocycles. The standard InChI is InChI=1S/C10H9ClN4S/c1-6-8(11)5-15(14-6)7-2-3-9(10(12)16)13-4-7/h2-5H,1H3,(H2,12,16). The van der Waals surface area contributed by atoms with E-state index in [4.69, 9.17) is 29.6 Å². The Kier molecular flexibility index (Phi) is 2.89. The molecule has 16 heavy (non-hydrogen) atoms. The number of aryl methyl sites for hydroxylation is 1. The zero-order valence-electron chi connectivity index (χ0n) is 8.51. The van der Waals surface area contributed by atoms with Crippen LogP contribution in [0.2, 0.25) is 5.02 Å². The number of aromatic nitrogens is 3. The number of nitrogens with two attached hydrogens (primary N) is 1. The number of pyridine rings is 1. The van der Waals surface area contributed by atoms with Crippen molar-refractivity contribution in [3.8, 4) is 5.69 Å². The van der Waals surface area contributed by atoms with Crippen molar-refractivity contribution in [2.45, 2.75) is 6.92 Å². The van der Waals surface area contributed by atoms with Gasteiger partial charge in [0.2, 0.25) is 0 Å². The number of nitrogens with zero attached hydrogens (tertiary/aromatic N) is 3. The van der Waals surface area contributed by atoms with Gasteiger partial charge in [0.15, 0.2) is 0 Å². The summed E-state index contributed by atoms with van der Waals surface area (Å²) >= 11 is 10.7. The molecule has 2 rings (SSSR count). The van der Waals surface area contributed by atoms with Crippen LogP contribution in [0.5, 0.6) is 0 Å². The molecule has 0 bridgehead atoms. The molecule has 2 aromatic rings. The van der Waals surface area contributed by atoms with Gasteiger partial charge in [0.1, 0.15) is 4.99 Å². The molecule has 0 amide bonds. The SMILES string of the molecule is Cc1nn(-c2ccc(C(N)=S)nc2)cc1Cl. The van der Waals surface area contributed by atoms with Crippen molar-refractivity contribution in [3.63, 3.8) is 0 Å². The van der Waals surface area contributed by atoms with E-state index in [-0.39, 0.29) is 4.99 Å². The fourth-order valence-electron chi connectivity index (χ4n) is 1.24. The predicted molar refractivity (Wildman–Crippen MR) is 67.0 cm³/mol. The molecule has 2 heterocycles. The molecule has 0 aromatic carbocycles. The first-order valence-electron chi connectivity index (χ1n) is 4.56. The van der Waals surface area contributed by atoms with Gasteiger partial charge in [0.05, 0.1) is 28.3 Å². The van der Waals surface area contributed by atoms with Gasteiger partial charge in [0, 0.05) is 6.20 Å². The lowest BCUT2D eigenvalue weighted by Crippen LogP contribution is -2.11. The Morgan fingerprint density at radius 3 is 2.69 bits per heavy atom. The molecular weight excluding hydrogens is 244 g/mol. The summed E-state index contributed by atoms with van der Waals surface area (Å²) in [5, 5.41) is 4.86. The Morgan fingerprint density at radius 2 is 2.25 bits per heavy atom. The maximum atomic E-state index is 5.92. The van der Waals surface area contributed by atoms with Crippen LogP contribution in [0, 0.1) is 6.92 Å². The number of thiocarbonyl (C=S) groups is 1. The van der Waals surface area contributed by atoms with Gasteiger partial charge in [-0.15, -0.1) is 0 Å². The van der Waals surface area contributed by atoms with E-state index < -0.39 is 0 Å². The first kappa shape index (κ1) is 11.0. The van der Waals surface area contributed by atoms with Crippen LogP contribution in [0.4, 0.5) is 0 Å². The Balaban J connectivity index is 2.38. The second kappa shape index (κ2) is 4.19. The molecule has 0 saturated heterocycles. The van der Waals surface area contributed by atoms with Crippen LogP contribution in [0.15, 0.2) is 24.5 Å². The van der Waals surface area contributed by atoms with E-state index in [0.29, 0.717) is 10.7 Å². The molecule has 4 nitrogen and oxygen atoms in total. The van der Waals surface area contributed by atoms with Crippen LogP contribution in [0.3, 0.4) is 0 Å². The first-order chi connectivity index (χ1) is 7.58. The van der Waals surface area contributed by atoms with Gasteiger partial charge in [-0.25, -0.2) is 4.68 Å². The molecule has 0 saturated carbocycles. The highest BCUT2D eigenvalue weighted by Crippen LogP contribution is 2.15. The molecule has 0 unspecified atom stereocenters. The van der Waals surface area contributed by atoms with Crippen LogP contribution >= 0.6 is 23.8 Å². The summed E-state index contributed by atoms with van der Waals surface area (Å²) in [7, 11) is 0. The van der Waals surface area contributed by atoms with Crippen molar-refractivity contribution in [3.05, 3.63) is 40.9 Å². The lowest BCUT2D eigenvalue weighted by Gasteiger charge is -2.01. The Morgan fingerprint density at radius 1 is 1.50 bits per heavy atom. The van der Waals surface area contributed by atoms with Crippen molar-refractivity contribution in [2.24, 2.45) is 5.73 Å². The van der Waals surface area contributed by atoms with E-state index in [0.717, 1.165) is 11.4 Å². The molecule has 0 aliphatic rings. The highest BCUT2D eigenvalue weighted by atomic mass is 35.5. The van der Waals surface area contributed by atoms with Crippen LogP contribution in [-0.4, -0.2) is 19.8 Å². The second-order valence-electron chi connectivity index (χ2n) is 3.27. The van der Waals surface area contributed by atoms with E-state index in [1.807, 2.05) is 13.0 Å². The summed E-state index contributed by atoms with van der Waals surface area (Å²) in [6.07, 6.45) is 3.38. The zero-order chi connectivity index (χ0) is 11.7. The maximum absolute atomic E-state index is 5.92. The van der Waals surface area contributed by atoms with Gasteiger partial charge >= 0.3 is 0 Å². The fourth-order valence-corrected chi connectivity index (χ4v) is 1.49. The Bertz CT molecular complexity index is 513. The molecule has 6 heteroatoms. The number of rotatable bonds is 2. The van der Waals surface area contributed by atoms with Crippen molar-refractivity contribution >= 4 is 28.8 Å². The van der Waals surface area contributed by atoms with Crippen molar-refractivity contribution < 1.29 is 0 Å². The molecule has 0 atom stereocenters. The van der Waals surface area contributed by atoms with E-state index >= 15 is 0 Å². The van der Waals surface area contributed by atoms with Crippen LogP contribution in [0.25, 0.3) is 5.69 Å². The largest absolute Gasteiger partial charge is 0.388 e. The quantitative estimate of drug-likeness (QED) is 0.829. The van der Waals surface area contributed by atoms with Gasteiger partial charge < -0.3 is 5.73 Å². The summed E-state index contributed by atoms with van der Waals surface area (Å²) in [5.74, 6) is 0. The first-order valence-corrected chi connectivity index (χ1v) is 5.34. The molecular formula is C10H9ClN4S. The molecule has 0 aliphatic carbocycles. The summed E-state index contributed by atoms with van der Waals surface area (Å²) in [6, 6.07) is 3.59. The van der Waals surface area contributed by atoms with Gasteiger partial charge in [-0.2, -0.15) is 5.10 Å². The van der Waals surface area contributed by atoms with Crippen LogP contribution in [0.1, 0.15) is 11.4 Å². The third-order valence-electron chi connectivity index (χ3n) is 2.10. The molecule has 2 N–H and O–H groups in total. The molecule has 0 aliphatic heterocycles. The number of hydrogen-bond donors (Lipinski definition) is 1. The van der Waals surface area contributed by atoms with Crippen molar-refractivity contribution in [1.82, 2.24) is 14.8 Å². The average molecular weight is 253 g/mol. The molecule has 0 fully saturated rings. The Hall–Kier alpha value is -1.46. The topological polar surface area (TPSA) is 56.7 Å². The maximum Gasteiger partial charge on any atom is 0.122 e. The van der Waals surface area contributed by atoms with Gasteiger partial charge in [-0.1, -0.05) is 23.8 Å². The number of halogens is 1. The van der Waals surface area contributed by atoms with Crippen LogP contribution in [-0.2, 0) is 0 Å². The molecule has 0 radical (unpaired) electrons. The van der Waals surface area contributed by atoms with Crippen molar-refractivity contribution in [1.29, 1.82) is 0 Å². The van der Waals surface area contributed by atoms with Gasteiger partial charge in [-0.3, -0.25) is 4.98 Å². The summed E-state index contributed by atoms with van der Waals surface area (Å²) in [6.45, 7) is 1.84. The lowest BCUT2D eigenvalue weighted by molar-refractivity contribution is 0.856. The summed E-state index contributed by atoms with van der Waals surface area (Å²) in [4.78, 5) is 4.40. The van der Waals surface area contributed by atoms with Gasteiger partial charge in [-0.05, 0) is 19.1 Å². The fraction of sp³-hybridized carbons (Fsp3) is 0.100. The van der Waals surface area contributed by atoms with E-state index in [1.54, 1.807) is 23.1 Å². The molecule has 0 spiro atoms. The van der Waals surface area contributed by atoms with Crippen LogP contribution < -0.4 is 5.73 Å². The normalized spacial score (nSPS) is 10.4. The summed E-state index contributed by atoms with van der Waals surface area (Å²) < 4.78 is 1.66.